The number of aromatic nitrogens is 1. The van der Waals surface area contributed by atoms with Gasteiger partial charge >= 0.3 is 0 Å². The molecule has 1 aromatic heterocycles. The number of hydrogen-bond donors (Lipinski definition) is 1. The maximum absolute atomic E-state index is 5.22. The fourth-order valence-electron chi connectivity index (χ4n) is 2.35. The molecule has 1 aromatic carbocycles. The van der Waals surface area contributed by atoms with E-state index < -0.39 is 0 Å². The smallest absolute Gasteiger partial charge is 0.118 e. The molecule has 0 radical (unpaired) electrons. The van der Waals surface area contributed by atoms with Crippen molar-refractivity contribution in [1.29, 1.82) is 0 Å². The summed E-state index contributed by atoms with van der Waals surface area (Å²) in [6.07, 6.45) is 2.08. The van der Waals surface area contributed by atoms with Crippen LogP contribution in [0.5, 0.6) is 5.75 Å². The van der Waals surface area contributed by atoms with Gasteiger partial charge in [-0.15, -0.1) is 11.3 Å². The third-order valence-corrected chi connectivity index (χ3v) is 4.11. The fraction of sp³-hybridized carbons (Fsp3) is 0.471. The van der Waals surface area contributed by atoms with Gasteiger partial charge in [-0.3, -0.25) is 0 Å². The zero-order valence-corrected chi connectivity index (χ0v) is 13.8. The van der Waals surface area contributed by atoms with Crippen LogP contribution in [0.2, 0.25) is 0 Å². The molecule has 0 aliphatic rings. The Balaban J connectivity index is 1.99. The molecule has 0 amide bonds. The summed E-state index contributed by atoms with van der Waals surface area (Å²) in [7, 11) is 1.70. The first-order valence-corrected chi connectivity index (χ1v) is 8.35. The molecule has 2 aromatic rings. The molecule has 4 heteroatoms. The Morgan fingerprint density at radius 3 is 2.52 bits per heavy atom. The highest BCUT2D eigenvalue weighted by atomic mass is 32.1. The molecule has 0 fully saturated rings. The topological polar surface area (TPSA) is 34.1 Å². The Bertz CT molecular complexity index is 508. The second kappa shape index (κ2) is 8.15. The van der Waals surface area contributed by atoms with Gasteiger partial charge < -0.3 is 10.1 Å². The van der Waals surface area contributed by atoms with Crippen molar-refractivity contribution in [3.8, 4) is 5.75 Å². The van der Waals surface area contributed by atoms with E-state index in [9.17, 15) is 0 Å². The predicted molar refractivity (Wildman–Crippen MR) is 89.1 cm³/mol. The van der Waals surface area contributed by atoms with Crippen molar-refractivity contribution in [3.63, 3.8) is 0 Å². The van der Waals surface area contributed by atoms with E-state index in [1.54, 1.807) is 18.4 Å². The molecule has 1 unspecified atom stereocenters. The molecular formula is C17H24N2OS. The number of hydrogen-bond acceptors (Lipinski definition) is 4. The maximum Gasteiger partial charge on any atom is 0.118 e. The standard InChI is InChI=1S/C17H24N2OS/c1-13(2)18-10-15(9-16-11-21-12-19-16)8-14-4-6-17(20-3)7-5-14/h4-7,11-13,15,18H,8-10H2,1-3H3. The Morgan fingerprint density at radius 1 is 1.19 bits per heavy atom. The molecule has 1 atom stereocenters. The lowest BCUT2D eigenvalue weighted by Gasteiger charge is -2.19. The summed E-state index contributed by atoms with van der Waals surface area (Å²) in [6, 6.07) is 8.89. The average Bonchev–Trinajstić information content (AvgIpc) is 2.98. The highest BCUT2D eigenvalue weighted by molar-refractivity contribution is 7.07. The van der Waals surface area contributed by atoms with E-state index in [2.05, 4.69) is 41.7 Å². The van der Waals surface area contributed by atoms with Crippen LogP contribution in [0.25, 0.3) is 0 Å². The Hall–Kier alpha value is -1.39. The van der Waals surface area contributed by atoms with Gasteiger partial charge in [0.2, 0.25) is 0 Å². The lowest BCUT2D eigenvalue weighted by Crippen LogP contribution is -2.31. The average molecular weight is 304 g/mol. The molecule has 1 heterocycles. The van der Waals surface area contributed by atoms with E-state index in [4.69, 9.17) is 4.74 Å². The first-order valence-electron chi connectivity index (χ1n) is 7.40. The molecular weight excluding hydrogens is 280 g/mol. The van der Waals surface area contributed by atoms with Gasteiger partial charge in [-0.05, 0) is 43.0 Å². The number of nitrogens with one attached hydrogen (secondary N) is 1. The Kier molecular flexibility index (Phi) is 6.21. The Labute approximate surface area is 131 Å². The van der Waals surface area contributed by atoms with Gasteiger partial charge in [-0.25, -0.2) is 4.98 Å². The molecule has 0 spiro atoms. The molecule has 0 aliphatic carbocycles. The number of nitrogens with zero attached hydrogens (tertiary/aromatic N) is 1. The first-order chi connectivity index (χ1) is 10.2. The van der Waals surface area contributed by atoms with Crippen LogP contribution in [0.1, 0.15) is 25.1 Å². The molecule has 3 nitrogen and oxygen atoms in total. The van der Waals surface area contributed by atoms with E-state index in [0.29, 0.717) is 12.0 Å². The van der Waals surface area contributed by atoms with Crippen molar-refractivity contribution >= 4 is 11.3 Å². The van der Waals surface area contributed by atoms with Gasteiger partial charge in [0, 0.05) is 11.4 Å². The van der Waals surface area contributed by atoms with Crippen molar-refractivity contribution < 1.29 is 4.74 Å². The van der Waals surface area contributed by atoms with Gasteiger partial charge in [0.1, 0.15) is 5.75 Å². The zero-order chi connectivity index (χ0) is 15.1. The van der Waals surface area contributed by atoms with Crippen LogP contribution < -0.4 is 10.1 Å². The van der Waals surface area contributed by atoms with Crippen molar-refractivity contribution in [2.45, 2.75) is 32.7 Å². The van der Waals surface area contributed by atoms with Crippen LogP contribution in [-0.2, 0) is 12.8 Å². The van der Waals surface area contributed by atoms with Gasteiger partial charge in [-0.1, -0.05) is 26.0 Å². The van der Waals surface area contributed by atoms with Crippen LogP contribution in [0.15, 0.2) is 35.2 Å². The normalized spacial score (nSPS) is 12.6. The van der Waals surface area contributed by atoms with Gasteiger partial charge in [0.25, 0.3) is 0 Å². The molecule has 21 heavy (non-hydrogen) atoms. The molecule has 114 valence electrons. The lowest BCUT2D eigenvalue weighted by molar-refractivity contribution is 0.414. The van der Waals surface area contributed by atoms with Crippen molar-refractivity contribution in [3.05, 3.63) is 46.4 Å². The Morgan fingerprint density at radius 2 is 1.95 bits per heavy atom. The van der Waals surface area contributed by atoms with Crippen molar-refractivity contribution in [2.75, 3.05) is 13.7 Å². The zero-order valence-electron chi connectivity index (χ0n) is 13.0. The quantitative estimate of drug-likeness (QED) is 0.810. The second-order valence-corrected chi connectivity index (χ2v) is 6.38. The van der Waals surface area contributed by atoms with Crippen LogP contribution in [0.4, 0.5) is 0 Å². The summed E-state index contributed by atoms with van der Waals surface area (Å²) in [5.74, 6) is 1.47. The van der Waals surface area contributed by atoms with Gasteiger partial charge in [-0.2, -0.15) is 0 Å². The maximum atomic E-state index is 5.22. The lowest BCUT2D eigenvalue weighted by atomic mass is 9.94. The summed E-state index contributed by atoms with van der Waals surface area (Å²) < 4.78 is 5.22. The first kappa shape index (κ1) is 16.0. The highest BCUT2D eigenvalue weighted by Gasteiger charge is 2.13. The van der Waals surface area contributed by atoms with E-state index in [-0.39, 0.29) is 0 Å². The second-order valence-electron chi connectivity index (χ2n) is 5.67. The van der Waals surface area contributed by atoms with Crippen molar-refractivity contribution in [2.24, 2.45) is 5.92 Å². The number of benzene rings is 1. The molecule has 0 saturated heterocycles. The summed E-state index contributed by atoms with van der Waals surface area (Å²) in [5, 5.41) is 5.70. The van der Waals surface area contributed by atoms with Crippen LogP contribution in [-0.4, -0.2) is 24.7 Å². The molecule has 0 saturated carbocycles. The molecule has 1 N–H and O–H groups in total. The molecule has 2 rings (SSSR count). The summed E-state index contributed by atoms with van der Waals surface area (Å²) in [4.78, 5) is 4.42. The highest BCUT2D eigenvalue weighted by Crippen LogP contribution is 2.17. The fourth-order valence-corrected chi connectivity index (χ4v) is 2.92. The van der Waals surface area contributed by atoms with E-state index >= 15 is 0 Å². The minimum absolute atomic E-state index is 0.513. The summed E-state index contributed by atoms with van der Waals surface area (Å²) >= 11 is 1.67. The number of thiazole rings is 1. The monoisotopic (exact) mass is 304 g/mol. The van der Waals surface area contributed by atoms with E-state index in [0.717, 1.165) is 25.1 Å². The number of rotatable bonds is 8. The molecule has 0 aliphatic heterocycles. The van der Waals surface area contributed by atoms with Crippen LogP contribution >= 0.6 is 11.3 Å². The predicted octanol–water partition coefficient (Wildman–Crippen LogP) is 3.55. The summed E-state index contributed by atoms with van der Waals surface area (Å²) in [5.41, 5.74) is 4.46. The SMILES string of the molecule is COc1ccc(CC(CNC(C)C)Cc2cscn2)cc1. The van der Waals surface area contributed by atoms with Crippen LogP contribution in [0, 0.1) is 5.92 Å². The number of ether oxygens (including phenoxy) is 1. The third-order valence-electron chi connectivity index (χ3n) is 3.48. The minimum atomic E-state index is 0.513. The minimum Gasteiger partial charge on any atom is -0.497 e. The van der Waals surface area contributed by atoms with E-state index in [1.807, 2.05) is 17.6 Å². The van der Waals surface area contributed by atoms with Crippen molar-refractivity contribution in [1.82, 2.24) is 10.3 Å². The largest absolute Gasteiger partial charge is 0.497 e. The van der Waals surface area contributed by atoms with Gasteiger partial charge in [0.05, 0.1) is 18.3 Å². The number of methoxy groups -OCH3 is 1. The van der Waals surface area contributed by atoms with E-state index in [1.165, 1.54) is 11.3 Å². The summed E-state index contributed by atoms with van der Waals surface area (Å²) in [6.45, 7) is 5.39. The van der Waals surface area contributed by atoms with Gasteiger partial charge in [0.15, 0.2) is 0 Å². The molecule has 0 bridgehead atoms. The van der Waals surface area contributed by atoms with Crippen LogP contribution in [0.3, 0.4) is 0 Å². The third kappa shape index (κ3) is 5.48.